The Morgan fingerprint density at radius 3 is 2.81 bits per heavy atom. The summed E-state index contributed by atoms with van der Waals surface area (Å²) >= 11 is 0. The molecule has 0 radical (unpaired) electrons. The maximum atomic E-state index is 14.3. The van der Waals surface area contributed by atoms with E-state index in [1.54, 1.807) is 0 Å². The van der Waals surface area contributed by atoms with E-state index >= 15 is 0 Å². The standard InChI is InChI=1S/C17H20F3N7O3S/c1-31(29,30)26-3-2-12(15(28)8-26)23-17-21-6-14-11(18)4-13(27(14)24-17)10-5-22-25(7-10)9-16(19)20/h4-7,12,15-16,28H,2-3,8-9H2,1H3,(H,23,24)/t12-,15-/m1/s1. The van der Waals surface area contributed by atoms with Crippen LogP contribution in [0.4, 0.5) is 19.1 Å². The highest BCUT2D eigenvalue weighted by molar-refractivity contribution is 7.88. The third-order valence-electron chi connectivity index (χ3n) is 5.05. The third kappa shape index (κ3) is 4.50. The van der Waals surface area contributed by atoms with Crippen LogP contribution in [0.15, 0.2) is 24.7 Å². The number of aliphatic hydroxyl groups is 1. The van der Waals surface area contributed by atoms with Crippen molar-refractivity contribution in [1.29, 1.82) is 0 Å². The number of nitrogens with one attached hydrogen (secondary N) is 1. The summed E-state index contributed by atoms with van der Waals surface area (Å²) < 4.78 is 66.3. The molecule has 1 aliphatic heterocycles. The molecular formula is C17H20F3N7O3S. The fourth-order valence-electron chi connectivity index (χ4n) is 3.50. The molecule has 0 amide bonds. The molecule has 31 heavy (non-hydrogen) atoms. The molecular weight excluding hydrogens is 439 g/mol. The molecule has 1 fully saturated rings. The van der Waals surface area contributed by atoms with Crippen molar-refractivity contribution in [2.45, 2.75) is 31.5 Å². The Balaban J connectivity index is 1.58. The summed E-state index contributed by atoms with van der Waals surface area (Å²) in [6.45, 7) is -0.425. The monoisotopic (exact) mass is 459 g/mol. The average molecular weight is 459 g/mol. The van der Waals surface area contributed by atoms with Gasteiger partial charge in [-0.3, -0.25) is 4.68 Å². The molecule has 3 aromatic heterocycles. The van der Waals surface area contributed by atoms with Crippen molar-refractivity contribution in [2.75, 3.05) is 24.7 Å². The molecule has 0 unspecified atom stereocenters. The Labute approximate surface area is 175 Å². The summed E-state index contributed by atoms with van der Waals surface area (Å²) in [6.07, 6.45) is 1.80. The minimum absolute atomic E-state index is 0.0640. The maximum Gasteiger partial charge on any atom is 0.257 e. The first-order valence-electron chi connectivity index (χ1n) is 9.37. The number of alkyl halides is 2. The van der Waals surface area contributed by atoms with Gasteiger partial charge in [0.05, 0.1) is 36.5 Å². The van der Waals surface area contributed by atoms with Crippen molar-refractivity contribution in [3.8, 4) is 11.3 Å². The van der Waals surface area contributed by atoms with Crippen molar-refractivity contribution in [1.82, 2.24) is 28.7 Å². The molecule has 10 nitrogen and oxygen atoms in total. The highest BCUT2D eigenvalue weighted by atomic mass is 32.2. The first-order valence-corrected chi connectivity index (χ1v) is 11.2. The van der Waals surface area contributed by atoms with Crippen LogP contribution in [0.1, 0.15) is 6.42 Å². The Kier molecular flexibility index (Phi) is 5.61. The number of β-amino-alcohol motifs (C(OH)–C–C–N with tert-alkyl or cyclic N) is 1. The minimum atomic E-state index is -3.41. The normalized spacial score (nSPS) is 20.6. The van der Waals surface area contributed by atoms with Crippen LogP contribution in [0.2, 0.25) is 0 Å². The second-order valence-electron chi connectivity index (χ2n) is 7.33. The Bertz CT molecular complexity index is 1200. The highest BCUT2D eigenvalue weighted by Gasteiger charge is 2.32. The van der Waals surface area contributed by atoms with Crippen LogP contribution >= 0.6 is 0 Å². The molecule has 1 aliphatic rings. The average Bonchev–Trinajstić information content (AvgIpc) is 3.26. The molecule has 2 atom stereocenters. The fourth-order valence-corrected chi connectivity index (χ4v) is 4.36. The summed E-state index contributed by atoms with van der Waals surface area (Å²) in [5, 5.41) is 21.4. The van der Waals surface area contributed by atoms with Gasteiger partial charge in [0, 0.05) is 30.9 Å². The van der Waals surface area contributed by atoms with Crippen LogP contribution in [0.25, 0.3) is 16.8 Å². The lowest BCUT2D eigenvalue weighted by Crippen LogP contribution is -2.51. The van der Waals surface area contributed by atoms with Crippen LogP contribution in [0.3, 0.4) is 0 Å². The SMILES string of the molecule is CS(=O)(=O)N1CC[C@@H](Nc2ncc3c(F)cc(-c4cnn(CC(F)F)c4)n3n2)[C@H](O)C1. The zero-order valence-corrected chi connectivity index (χ0v) is 17.2. The van der Waals surface area contributed by atoms with E-state index in [0.717, 1.165) is 10.9 Å². The lowest BCUT2D eigenvalue weighted by molar-refractivity contribution is 0.0950. The molecule has 1 saturated heterocycles. The number of anilines is 1. The third-order valence-corrected chi connectivity index (χ3v) is 6.32. The molecule has 0 aliphatic carbocycles. The number of sulfonamides is 1. The van der Waals surface area contributed by atoms with E-state index in [1.165, 1.54) is 33.5 Å². The van der Waals surface area contributed by atoms with Crippen LogP contribution in [-0.4, -0.2) is 80.1 Å². The van der Waals surface area contributed by atoms with Crippen LogP contribution < -0.4 is 5.32 Å². The lowest BCUT2D eigenvalue weighted by atomic mass is 10.0. The zero-order valence-electron chi connectivity index (χ0n) is 16.4. The highest BCUT2D eigenvalue weighted by Crippen LogP contribution is 2.25. The molecule has 4 heterocycles. The Morgan fingerprint density at radius 1 is 1.35 bits per heavy atom. The second kappa shape index (κ2) is 8.09. The number of fused-ring (bicyclic) bond motifs is 1. The first-order chi connectivity index (χ1) is 14.6. The fraction of sp³-hybridized carbons (Fsp3) is 0.471. The van der Waals surface area contributed by atoms with E-state index in [-0.39, 0.29) is 24.6 Å². The number of hydrogen-bond donors (Lipinski definition) is 2. The van der Waals surface area contributed by atoms with Gasteiger partial charge in [-0.05, 0) is 6.42 Å². The van der Waals surface area contributed by atoms with Gasteiger partial charge < -0.3 is 10.4 Å². The van der Waals surface area contributed by atoms with Crippen molar-refractivity contribution in [3.63, 3.8) is 0 Å². The lowest BCUT2D eigenvalue weighted by Gasteiger charge is -2.34. The van der Waals surface area contributed by atoms with Gasteiger partial charge >= 0.3 is 0 Å². The minimum Gasteiger partial charge on any atom is -0.390 e. The summed E-state index contributed by atoms with van der Waals surface area (Å²) in [5.41, 5.74) is 0.770. The van der Waals surface area contributed by atoms with Gasteiger partial charge in [0.1, 0.15) is 12.1 Å². The van der Waals surface area contributed by atoms with E-state index in [1.807, 2.05) is 0 Å². The second-order valence-corrected chi connectivity index (χ2v) is 9.31. The quantitative estimate of drug-likeness (QED) is 0.560. The number of aromatic nitrogens is 5. The summed E-state index contributed by atoms with van der Waals surface area (Å²) in [6, 6.07) is 0.699. The van der Waals surface area contributed by atoms with Gasteiger partial charge in [-0.1, -0.05) is 0 Å². The van der Waals surface area contributed by atoms with Gasteiger partial charge in [-0.25, -0.2) is 31.1 Å². The van der Waals surface area contributed by atoms with Gasteiger partial charge in [0.25, 0.3) is 6.43 Å². The van der Waals surface area contributed by atoms with Crippen molar-refractivity contribution < 1.29 is 26.7 Å². The number of aliphatic hydroxyl groups excluding tert-OH is 1. The van der Waals surface area contributed by atoms with E-state index in [0.29, 0.717) is 17.7 Å². The van der Waals surface area contributed by atoms with Crippen molar-refractivity contribution >= 4 is 21.5 Å². The molecule has 168 valence electrons. The van der Waals surface area contributed by atoms with Crippen LogP contribution in [0, 0.1) is 5.82 Å². The molecule has 0 spiro atoms. The van der Waals surface area contributed by atoms with Gasteiger partial charge in [-0.2, -0.15) is 9.40 Å². The van der Waals surface area contributed by atoms with Crippen LogP contribution in [0.5, 0.6) is 0 Å². The van der Waals surface area contributed by atoms with Gasteiger partial charge in [-0.15, -0.1) is 5.10 Å². The van der Waals surface area contributed by atoms with Crippen LogP contribution in [-0.2, 0) is 16.6 Å². The first kappa shape index (κ1) is 21.5. The Hall–Kier alpha value is -2.71. The van der Waals surface area contributed by atoms with E-state index in [9.17, 15) is 26.7 Å². The Morgan fingerprint density at radius 2 is 2.13 bits per heavy atom. The summed E-state index contributed by atoms with van der Waals surface area (Å²) in [4.78, 5) is 4.07. The number of rotatable bonds is 6. The number of nitrogens with zero attached hydrogens (tertiary/aromatic N) is 6. The topological polar surface area (TPSA) is 118 Å². The predicted molar refractivity (Wildman–Crippen MR) is 105 cm³/mol. The largest absolute Gasteiger partial charge is 0.390 e. The molecule has 2 N–H and O–H groups in total. The number of halogens is 3. The van der Waals surface area contributed by atoms with Gasteiger partial charge in [0.2, 0.25) is 16.0 Å². The summed E-state index contributed by atoms with van der Waals surface area (Å²) in [5.74, 6) is -0.495. The smallest absolute Gasteiger partial charge is 0.257 e. The predicted octanol–water partition coefficient (Wildman–Crippen LogP) is 0.804. The molecule has 3 aromatic rings. The van der Waals surface area contributed by atoms with E-state index in [4.69, 9.17) is 0 Å². The van der Waals surface area contributed by atoms with E-state index < -0.39 is 41.0 Å². The number of piperidine rings is 1. The molecule has 0 aromatic carbocycles. The number of hydrogen-bond acceptors (Lipinski definition) is 7. The maximum absolute atomic E-state index is 14.3. The van der Waals surface area contributed by atoms with Gasteiger partial charge in [0.15, 0.2) is 5.82 Å². The van der Waals surface area contributed by atoms with Crippen molar-refractivity contribution in [2.24, 2.45) is 0 Å². The molecule has 0 saturated carbocycles. The molecule has 14 heteroatoms. The van der Waals surface area contributed by atoms with Crippen molar-refractivity contribution in [3.05, 3.63) is 30.5 Å². The van der Waals surface area contributed by atoms with E-state index in [2.05, 4.69) is 20.5 Å². The molecule has 4 rings (SSSR count). The summed E-state index contributed by atoms with van der Waals surface area (Å²) in [7, 11) is -3.41. The molecule has 0 bridgehead atoms. The zero-order chi connectivity index (χ0) is 22.3.